The number of alkyl halides is 1. The van der Waals surface area contributed by atoms with E-state index in [1.54, 1.807) is 6.26 Å². The number of thioether (sulfide) groups is 1. The van der Waals surface area contributed by atoms with Crippen LogP contribution in [0.1, 0.15) is 10.4 Å². The number of carbonyl (C=O) groups is 2. The molecule has 1 amide bonds. The third kappa shape index (κ3) is 3.99. The molecule has 2 N–H and O–H groups in total. The molecule has 0 saturated carbocycles. The first kappa shape index (κ1) is 16.1. The van der Waals surface area contributed by atoms with Gasteiger partial charge in [0.1, 0.15) is 6.67 Å². The zero-order chi connectivity index (χ0) is 14.6. The first-order valence-electron chi connectivity index (χ1n) is 5.03. The van der Waals surface area contributed by atoms with Crippen LogP contribution in [0.5, 0.6) is 0 Å². The molecular formula is C11H10Cl2FNO3S. The number of carboxylic acids is 1. The number of amides is 1. The molecule has 0 aromatic heterocycles. The predicted octanol–water partition coefficient (Wildman–Crippen LogP) is 2.87. The molecule has 0 spiro atoms. The Morgan fingerprint density at radius 2 is 2.05 bits per heavy atom. The molecule has 0 fully saturated rings. The number of hydrogen-bond acceptors (Lipinski definition) is 3. The maximum absolute atomic E-state index is 12.4. The second-order valence-corrected chi connectivity index (χ2v) is 5.15. The Balaban J connectivity index is 3.02. The van der Waals surface area contributed by atoms with Gasteiger partial charge >= 0.3 is 5.97 Å². The van der Waals surface area contributed by atoms with Crippen LogP contribution >= 0.6 is 35.0 Å². The SMILES string of the molecule is CSc1cc(C(=O)NC(CF)C(=O)O)c(Cl)cc1Cl. The first-order valence-corrected chi connectivity index (χ1v) is 7.01. The average Bonchev–Trinajstić information content (AvgIpc) is 2.35. The molecule has 104 valence electrons. The highest BCUT2D eigenvalue weighted by molar-refractivity contribution is 7.98. The van der Waals surface area contributed by atoms with Gasteiger partial charge in [-0.3, -0.25) is 4.79 Å². The van der Waals surface area contributed by atoms with Crippen LogP contribution in [0.4, 0.5) is 4.39 Å². The highest BCUT2D eigenvalue weighted by atomic mass is 35.5. The number of aliphatic carboxylic acids is 1. The molecule has 0 aliphatic carbocycles. The van der Waals surface area contributed by atoms with E-state index in [9.17, 15) is 14.0 Å². The van der Waals surface area contributed by atoms with Crippen molar-refractivity contribution < 1.29 is 19.1 Å². The fraction of sp³-hybridized carbons (Fsp3) is 0.273. The van der Waals surface area contributed by atoms with Crippen molar-refractivity contribution in [2.24, 2.45) is 0 Å². The topological polar surface area (TPSA) is 66.4 Å². The molecule has 0 heterocycles. The van der Waals surface area contributed by atoms with Crippen LogP contribution in [0.2, 0.25) is 10.0 Å². The Morgan fingerprint density at radius 3 is 2.53 bits per heavy atom. The average molecular weight is 326 g/mol. The van der Waals surface area contributed by atoms with Crippen LogP contribution in [-0.2, 0) is 4.79 Å². The lowest BCUT2D eigenvalue weighted by atomic mass is 10.2. The van der Waals surface area contributed by atoms with Gasteiger partial charge in [0.05, 0.1) is 15.6 Å². The summed E-state index contributed by atoms with van der Waals surface area (Å²) in [5.41, 5.74) is 0.0510. The number of carbonyl (C=O) groups excluding carboxylic acids is 1. The van der Waals surface area contributed by atoms with E-state index in [1.807, 2.05) is 5.32 Å². The van der Waals surface area contributed by atoms with Gasteiger partial charge in [-0.15, -0.1) is 11.8 Å². The van der Waals surface area contributed by atoms with Crippen molar-refractivity contribution >= 4 is 46.8 Å². The van der Waals surface area contributed by atoms with E-state index in [1.165, 1.54) is 23.9 Å². The van der Waals surface area contributed by atoms with E-state index < -0.39 is 24.6 Å². The molecule has 0 aliphatic heterocycles. The Morgan fingerprint density at radius 1 is 1.42 bits per heavy atom. The molecule has 1 unspecified atom stereocenters. The molecule has 4 nitrogen and oxygen atoms in total. The van der Waals surface area contributed by atoms with Crippen molar-refractivity contribution in [3.63, 3.8) is 0 Å². The van der Waals surface area contributed by atoms with E-state index in [-0.39, 0.29) is 10.6 Å². The minimum absolute atomic E-state index is 0.0510. The van der Waals surface area contributed by atoms with Gasteiger partial charge in [0.15, 0.2) is 6.04 Å². The number of carboxylic acid groups (broad SMARTS) is 1. The van der Waals surface area contributed by atoms with Crippen LogP contribution in [0, 0.1) is 0 Å². The maximum atomic E-state index is 12.4. The first-order chi connectivity index (χ1) is 8.90. The summed E-state index contributed by atoms with van der Waals surface area (Å²) >= 11 is 13.1. The molecule has 0 bridgehead atoms. The normalized spacial score (nSPS) is 12.0. The number of benzene rings is 1. The molecule has 0 radical (unpaired) electrons. The molecule has 1 rings (SSSR count). The fourth-order valence-corrected chi connectivity index (χ4v) is 2.45. The van der Waals surface area contributed by atoms with Crippen LogP contribution in [0.15, 0.2) is 17.0 Å². The monoisotopic (exact) mass is 325 g/mol. The Kier molecular flexibility index (Phi) is 5.90. The van der Waals surface area contributed by atoms with Crippen molar-refractivity contribution in [1.29, 1.82) is 0 Å². The van der Waals surface area contributed by atoms with Crippen molar-refractivity contribution in [2.45, 2.75) is 10.9 Å². The summed E-state index contributed by atoms with van der Waals surface area (Å²) in [6.07, 6.45) is 1.76. The van der Waals surface area contributed by atoms with Crippen LogP contribution in [0.25, 0.3) is 0 Å². The lowest BCUT2D eigenvalue weighted by Crippen LogP contribution is -2.42. The van der Waals surface area contributed by atoms with E-state index in [0.29, 0.717) is 9.92 Å². The van der Waals surface area contributed by atoms with Gasteiger partial charge in [-0.1, -0.05) is 23.2 Å². The van der Waals surface area contributed by atoms with E-state index in [4.69, 9.17) is 28.3 Å². The van der Waals surface area contributed by atoms with E-state index in [0.717, 1.165) is 0 Å². The zero-order valence-corrected chi connectivity index (χ0v) is 12.1. The van der Waals surface area contributed by atoms with Crippen LogP contribution < -0.4 is 5.32 Å². The predicted molar refractivity (Wildman–Crippen MR) is 73.1 cm³/mol. The van der Waals surface area contributed by atoms with E-state index >= 15 is 0 Å². The summed E-state index contributed by atoms with van der Waals surface area (Å²) in [6, 6.07) is 1.22. The summed E-state index contributed by atoms with van der Waals surface area (Å²) in [7, 11) is 0. The number of rotatable bonds is 5. The smallest absolute Gasteiger partial charge is 0.328 e. The van der Waals surface area contributed by atoms with Gasteiger partial charge in [-0.25, -0.2) is 9.18 Å². The van der Waals surface area contributed by atoms with Gasteiger partial charge in [0.2, 0.25) is 0 Å². The lowest BCUT2D eigenvalue weighted by Gasteiger charge is -2.12. The number of halogens is 3. The Bertz CT molecular complexity index is 513. The van der Waals surface area contributed by atoms with Crippen molar-refractivity contribution in [1.82, 2.24) is 5.32 Å². The largest absolute Gasteiger partial charge is 0.480 e. The molecule has 0 saturated heterocycles. The molecule has 1 atom stereocenters. The second kappa shape index (κ2) is 6.98. The summed E-state index contributed by atoms with van der Waals surface area (Å²) in [6.45, 7) is -1.21. The summed E-state index contributed by atoms with van der Waals surface area (Å²) in [5, 5.41) is 11.2. The lowest BCUT2D eigenvalue weighted by molar-refractivity contribution is -0.139. The molecule has 8 heteroatoms. The van der Waals surface area contributed by atoms with Gasteiger partial charge in [-0.2, -0.15) is 0 Å². The zero-order valence-electron chi connectivity index (χ0n) is 9.75. The molecule has 1 aromatic carbocycles. The molecular weight excluding hydrogens is 316 g/mol. The second-order valence-electron chi connectivity index (χ2n) is 3.49. The Hall–Kier alpha value is -0.980. The molecule has 19 heavy (non-hydrogen) atoms. The highest BCUT2D eigenvalue weighted by Gasteiger charge is 2.22. The third-order valence-electron chi connectivity index (χ3n) is 2.24. The van der Waals surface area contributed by atoms with Gasteiger partial charge in [0, 0.05) is 4.90 Å². The number of nitrogens with one attached hydrogen (secondary N) is 1. The van der Waals surface area contributed by atoms with Crippen molar-refractivity contribution in [3.8, 4) is 0 Å². The van der Waals surface area contributed by atoms with Gasteiger partial charge in [0.25, 0.3) is 5.91 Å². The van der Waals surface area contributed by atoms with Crippen molar-refractivity contribution in [2.75, 3.05) is 12.9 Å². The van der Waals surface area contributed by atoms with Crippen molar-refractivity contribution in [3.05, 3.63) is 27.7 Å². The summed E-state index contributed by atoms with van der Waals surface area (Å²) in [4.78, 5) is 23.1. The highest BCUT2D eigenvalue weighted by Crippen LogP contribution is 2.31. The minimum Gasteiger partial charge on any atom is -0.480 e. The maximum Gasteiger partial charge on any atom is 0.328 e. The number of hydrogen-bond donors (Lipinski definition) is 2. The summed E-state index contributed by atoms with van der Waals surface area (Å²) in [5.74, 6) is -2.21. The third-order valence-corrected chi connectivity index (χ3v) is 3.76. The standard InChI is InChI=1S/C11H10Cl2FNO3S/c1-19-9-2-5(6(12)3-7(9)13)10(16)15-8(4-14)11(17)18/h2-3,8H,4H2,1H3,(H,15,16)(H,17,18). The van der Waals surface area contributed by atoms with Gasteiger partial charge < -0.3 is 10.4 Å². The quantitative estimate of drug-likeness (QED) is 0.817. The van der Waals surface area contributed by atoms with E-state index in [2.05, 4.69) is 0 Å². The minimum atomic E-state index is -1.60. The molecule has 0 aliphatic rings. The fourth-order valence-electron chi connectivity index (χ4n) is 1.26. The Labute approximate surface area is 123 Å². The van der Waals surface area contributed by atoms with Crippen LogP contribution in [0.3, 0.4) is 0 Å². The van der Waals surface area contributed by atoms with Gasteiger partial charge in [-0.05, 0) is 18.4 Å². The molecule has 1 aromatic rings. The van der Waals surface area contributed by atoms with Crippen LogP contribution in [-0.4, -0.2) is 36.0 Å². The summed E-state index contributed by atoms with van der Waals surface area (Å²) < 4.78 is 12.4.